The standard InChI is InChI=1S/C18H20O3/c1-12-9-13(2)14(3)18(10-12)21-11-16(19)15-7-5-6-8-17(15)20-4/h5-10H,11H2,1-4H3. The first-order chi connectivity index (χ1) is 10.0. The molecule has 0 aromatic heterocycles. The number of ketones is 1. The number of methoxy groups -OCH3 is 1. The van der Waals surface area contributed by atoms with Gasteiger partial charge in [-0.3, -0.25) is 4.79 Å². The van der Waals surface area contributed by atoms with Crippen LogP contribution >= 0.6 is 0 Å². The van der Waals surface area contributed by atoms with Crippen molar-refractivity contribution in [2.75, 3.05) is 13.7 Å². The molecule has 0 heterocycles. The molecule has 2 aromatic rings. The maximum Gasteiger partial charge on any atom is 0.203 e. The Balaban J connectivity index is 2.15. The van der Waals surface area contributed by atoms with Crippen molar-refractivity contribution >= 4 is 5.78 Å². The zero-order valence-corrected chi connectivity index (χ0v) is 12.9. The number of hydrogen-bond acceptors (Lipinski definition) is 3. The number of rotatable bonds is 5. The largest absolute Gasteiger partial charge is 0.496 e. The Labute approximate surface area is 125 Å². The second-order valence-electron chi connectivity index (χ2n) is 5.12. The molecule has 0 N–H and O–H groups in total. The second kappa shape index (κ2) is 6.44. The first-order valence-electron chi connectivity index (χ1n) is 6.89. The second-order valence-corrected chi connectivity index (χ2v) is 5.12. The number of carbonyl (C=O) groups excluding carboxylic acids is 1. The van der Waals surface area contributed by atoms with E-state index in [1.54, 1.807) is 19.2 Å². The summed E-state index contributed by atoms with van der Waals surface area (Å²) in [6, 6.07) is 11.2. The van der Waals surface area contributed by atoms with Gasteiger partial charge in [0.1, 0.15) is 11.5 Å². The van der Waals surface area contributed by atoms with Crippen LogP contribution in [0.15, 0.2) is 36.4 Å². The average molecular weight is 284 g/mol. The number of ether oxygens (including phenoxy) is 2. The number of para-hydroxylation sites is 1. The number of benzene rings is 2. The van der Waals surface area contributed by atoms with E-state index in [1.165, 1.54) is 0 Å². The highest BCUT2D eigenvalue weighted by atomic mass is 16.5. The zero-order valence-electron chi connectivity index (χ0n) is 12.9. The van der Waals surface area contributed by atoms with E-state index in [0.29, 0.717) is 11.3 Å². The van der Waals surface area contributed by atoms with E-state index in [1.807, 2.05) is 39.0 Å². The van der Waals surface area contributed by atoms with Gasteiger partial charge in [-0.25, -0.2) is 0 Å². The van der Waals surface area contributed by atoms with Crippen molar-refractivity contribution in [1.82, 2.24) is 0 Å². The monoisotopic (exact) mass is 284 g/mol. The molecule has 2 aromatic carbocycles. The third kappa shape index (κ3) is 3.43. The van der Waals surface area contributed by atoms with E-state index >= 15 is 0 Å². The summed E-state index contributed by atoms with van der Waals surface area (Å²) in [6.07, 6.45) is 0. The average Bonchev–Trinajstić information content (AvgIpc) is 2.49. The predicted octanol–water partition coefficient (Wildman–Crippen LogP) is 3.88. The molecule has 0 aliphatic rings. The summed E-state index contributed by atoms with van der Waals surface area (Å²) >= 11 is 0. The molecular weight excluding hydrogens is 264 g/mol. The molecule has 0 amide bonds. The van der Waals surface area contributed by atoms with Crippen molar-refractivity contribution in [3.05, 3.63) is 58.7 Å². The summed E-state index contributed by atoms with van der Waals surface area (Å²) in [5, 5.41) is 0. The van der Waals surface area contributed by atoms with Gasteiger partial charge in [0.15, 0.2) is 6.61 Å². The molecule has 0 aliphatic heterocycles. The SMILES string of the molecule is COc1ccccc1C(=O)COc1cc(C)cc(C)c1C. The van der Waals surface area contributed by atoms with Gasteiger partial charge in [0.25, 0.3) is 0 Å². The molecular formula is C18H20O3. The summed E-state index contributed by atoms with van der Waals surface area (Å²) in [4.78, 5) is 12.3. The molecule has 21 heavy (non-hydrogen) atoms. The Kier molecular flexibility index (Phi) is 4.63. The van der Waals surface area contributed by atoms with Gasteiger partial charge in [-0.1, -0.05) is 18.2 Å². The van der Waals surface area contributed by atoms with E-state index < -0.39 is 0 Å². The Morgan fingerprint density at radius 3 is 2.48 bits per heavy atom. The van der Waals surface area contributed by atoms with E-state index in [4.69, 9.17) is 9.47 Å². The number of aryl methyl sites for hydroxylation is 2. The molecule has 0 atom stereocenters. The summed E-state index contributed by atoms with van der Waals surface area (Å²) in [7, 11) is 1.56. The molecule has 0 spiro atoms. The van der Waals surface area contributed by atoms with Gasteiger partial charge < -0.3 is 9.47 Å². The molecule has 0 saturated carbocycles. The lowest BCUT2D eigenvalue weighted by Gasteiger charge is -2.13. The minimum atomic E-state index is -0.0917. The van der Waals surface area contributed by atoms with Crippen LogP contribution in [-0.2, 0) is 0 Å². The van der Waals surface area contributed by atoms with Crippen LogP contribution in [0.1, 0.15) is 27.0 Å². The lowest BCUT2D eigenvalue weighted by Crippen LogP contribution is -2.13. The number of hydrogen-bond donors (Lipinski definition) is 0. The van der Waals surface area contributed by atoms with Crippen LogP contribution in [-0.4, -0.2) is 19.5 Å². The highest BCUT2D eigenvalue weighted by Crippen LogP contribution is 2.24. The third-order valence-corrected chi connectivity index (χ3v) is 3.53. The van der Waals surface area contributed by atoms with Crippen LogP contribution in [0, 0.1) is 20.8 Å². The molecule has 0 unspecified atom stereocenters. The van der Waals surface area contributed by atoms with Crippen LogP contribution in [0.2, 0.25) is 0 Å². The summed E-state index contributed by atoms with van der Waals surface area (Å²) in [6.45, 7) is 6.06. The maximum atomic E-state index is 12.3. The van der Waals surface area contributed by atoms with Crippen LogP contribution in [0.5, 0.6) is 11.5 Å². The fourth-order valence-electron chi connectivity index (χ4n) is 2.25. The number of Topliss-reactive ketones (excluding diaryl/α,β-unsaturated/α-hetero) is 1. The molecule has 3 nitrogen and oxygen atoms in total. The minimum absolute atomic E-state index is 0.00407. The van der Waals surface area contributed by atoms with Gasteiger partial charge in [0.2, 0.25) is 5.78 Å². The predicted molar refractivity (Wildman–Crippen MR) is 83.5 cm³/mol. The van der Waals surface area contributed by atoms with E-state index in [-0.39, 0.29) is 12.4 Å². The minimum Gasteiger partial charge on any atom is -0.496 e. The van der Waals surface area contributed by atoms with Gasteiger partial charge in [-0.05, 0) is 55.7 Å². The fraction of sp³-hybridized carbons (Fsp3) is 0.278. The molecule has 0 bridgehead atoms. The highest BCUT2D eigenvalue weighted by Gasteiger charge is 2.13. The van der Waals surface area contributed by atoms with Crippen molar-refractivity contribution in [2.24, 2.45) is 0 Å². The van der Waals surface area contributed by atoms with Crippen molar-refractivity contribution in [3.8, 4) is 11.5 Å². The van der Waals surface area contributed by atoms with Gasteiger partial charge >= 0.3 is 0 Å². The lowest BCUT2D eigenvalue weighted by atomic mass is 10.1. The van der Waals surface area contributed by atoms with Crippen LogP contribution in [0.4, 0.5) is 0 Å². The topological polar surface area (TPSA) is 35.5 Å². The van der Waals surface area contributed by atoms with Crippen LogP contribution in [0.25, 0.3) is 0 Å². The Morgan fingerprint density at radius 2 is 1.76 bits per heavy atom. The lowest BCUT2D eigenvalue weighted by molar-refractivity contribution is 0.0918. The van der Waals surface area contributed by atoms with E-state index in [9.17, 15) is 4.79 Å². The molecule has 0 saturated heterocycles. The summed E-state index contributed by atoms with van der Waals surface area (Å²) in [5.74, 6) is 1.24. The van der Waals surface area contributed by atoms with Crippen molar-refractivity contribution < 1.29 is 14.3 Å². The van der Waals surface area contributed by atoms with Crippen LogP contribution < -0.4 is 9.47 Å². The van der Waals surface area contributed by atoms with Crippen molar-refractivity contribution in [2.45, 2.75) is 20.8 Å². The summed E-state index contributed by atoms with van der Waals surface area (Å²) in [5.41, 5.74) is 3.89. The van der Waals surface area contributed by atoms with Crippen LogP contribution in [0.3, 0.4) is 0 Å². The molecule has 3 heteroatoms. The van der Waals surface area contributed by atoms with Crippen molar-refractivity contribution in [3.63, 3.8) is 0 Å². The third-order valence-electron chi connectivity index (χ3n) is 3.53. The van der Waals surface area contributed by atoms with Gasteiger partial charge in [-0.2, -0.15) is 0 Å². The smallest absolute Gasteiger partial charge is 0.203 e. The first kappa shape index (κ1) is 15.1. The summed E-state index contributed by atoms with van der Waals surface area (Å²) < 4.78 is 10.9. The van der Waals surface area contributed by atoms with E-state index in [2.05, 4.69) is 6.07 Å². The van der Waals surface area contributed by atoms with Gasteiger partial charge in [0.05, 0.1) is 12.7 Å². The Bertz CT molecular complexity index is 660. The normalized spacial score (nSPS) is 10.3. The zero-order chi connectivity index (χ0) is 15.4. The molecule has 110 valence electrons. The van der Waals surface area contributed by atoms with Gasteiger partial charge in [0, 0.05) is 0 Å². The molecule has 0 fully saturated rings. The maximum absolute atomic E-state index is 12.3. The quantitative estimate of drug-likeness (QED) is 0.782. The molecule has 0 aliphatic carbocycles. The molecule has 0 radical (unpaired) electrons. The fourth-order valence-corrected chi connectivity index (χ4v) is 2.25. The van der Waals surface area contributed by atoms with E-state index in [0.717, 1.165) is 22.4 Å². The number of carbonyl (C=O) groups is 1. The van der Waals surface area contributed by atoms with Gasteiger partial charge in [-0.15, -0.1) is 0 Å². The Morgan fingerprint density at radius 1 is 1.05 bits per heavy atom. The first-order valence-corrected chi connectivity index (χ1v) is 6.89. The molecule has 2 rings (SSSR count). The Hall–Kier alpha value is -2.29. The highest BCUT2D eigenvalue weighted by molar-refractivity contribution is 5.99. The van der Waals surface area contributed by atoms with Crippen molar-refractivity contribution in [1.29, 1.82) is 0 Å².